The van der Waals surface area contributed by atoms with E-state index in [0.717, 1.165) is 31.4 Å². The smallest absolute Gasteiger partial charge is 0.431 e. The average Bonchev–Trinajstić information content (AvgIpc) is 2.97. The molecule has 2 aliphatic carbocycles. The van der Waals surface area contributed by atoms with Crippen LogP contribution in [0.2, 0.25) is 0 Å². The fraction of sp³-hybridized carbons (Fsp3) is 0.778. The molecule has 3 rings (SSSR count). The maximum Gasteiger partial charge on any atom is 0.431 e. The Bertz CT molecular complexity index is 525. The Morgan fingerprint density at radius 2 is 2.32 bits per heavy atom. The third-order valence-electron chi connectivity index (χ3n) is 6.52. The van der Waals surface area contributed by atoms with E-state index in [9.17, 15) is 4.79 Å². The molecule has 3 fully saturated rings. The maximum absolute atomic E-state index is 12.5. The van der Waals surface area contributed by atoms with Gasteiger partial charge in [0.05, 0.1) is 0 Å². The first kappa shape index (κ1) is 15.6. The Hall–Kier alpha value is -1.32. The minimum Gasteiger partial charge on any atom is -0.442 e. The van der Waals surface area contributed by atoms with Crippen LogP contribution in [0.25, 0.3) is 0 Å². The Morgan fingerprint density at radius 3 is 2.91 bits per heavy atom. The molecule has 0 radical (unpaired) electrons. The number of hydrazone groups is 1. The zero-order valence-electron chi connectivity index (χ0n) is 14.3. The summed E-state index contributed by atoms with van der Waals surface area (Å²) >= 11 is 0. The van der Waals surface area contributed by atoms with Gasteiger partial charge in [0.1, 0.15) is 11.6 Å². The zero-order chi connectivity index (χ0) is 16.1. The minimum absolute atomic E-state index is 0.0188. The molecule has 3 aliphatic rings. The highest BCUT2D eigenvalue weighted by Crippen LogP contribution is 2.65. The number of ether oxygens (including phenoxy) is 1. The van der Waals surface area contributed by atoms with Crippen molar-refractivity contribution in [1.29, 1.82) is 0 Å². The van der Waals surface area contributed by atoms with Crippen LogP contribution in [0.15, 0.2) is 17.8 Å². The molecule has 0 N–H and O–H groups in total. The number of carbonyl (C=O) groups is 1. The summed E-state index contributed by atoms with van der Waals surface area (Å²) in [5, 5.41) is 6.55. The van der Waals surface area contributed by atoms with Crippen LogP contribution in [-0.4, -0.2) is 28.5 Å². The Labute approximate surface area is 133 Å². The van der Waals surface area contributed by atoms with Crippen LogP contribution < -0.4 is 0 Å². The van der Waals surface area contributed by atoms with E-state index >= 15 is 0 Å². The molecule has 1 spiro atoms. The van der Waals surface area contributed by atoms with Crippen molar-refractivity contribution in [3.8, 4) is 0 Å². The van der Waals surface area contributed by atoms with E-state index in [2.05, 4.69) is 34.3 Å². The number of carbonyl (C=O) groups excluding carboxylic acids is 1. The average molecular weight is 304 g/mol. The second-order valence-corrected chi connectivity index (χ2v) is 7.67. The number of allylic oxidation sites excluding steroid dienone is 1. The van der Waals surface area contributed by atoms with E-state index in [1.165, 1.54) is 6.42 Å². The summed E-state index contributed by atoms with van der Waals surface area (Å²) < 4.78 is 5.70. The molecule has 0 aromatic heterocycles. The van der Waals surface area contributed by atoms with Gasteiger partial charge in [-0.05, 0) is 49.4 Å². The van der Waals surface area contributed by atoms with Gasteiger partial charge in [-0.1, -0.05) is 33.8 Å². The summed E-state index contributed by atoms with van der Waals surface area (Å²) in [7, 11) is 0. The van der Waals surface area contributed by atoms with Crippen molar-refractivity contribution in [1.82, 2.24) is 5.01 Å². The van der Waals surface area contributed by atoms with Gasteiger partial charge >= 0.3 is 6.09 Å². The molecule has 0 aromatic carbocycles. The molecule has 3 unspecified atom stereocenters. The molecule has 1 amide bonds. The van der Waals surface area contributed by atoms with E-state index in [4.69, 9.17) is 9.84 Å². The van der Waals surface area contributed by atoms with Gasteiger partial charge in [0.2, 0.25) is 0 Å². The normalized spacial score (nSPS) is 37.2. The van der Waals surface area contributed by atoms with Crippen molar-refractivity contribution in [2.24, 2.45) is 22.4 Å². The Morgan fingerprint density at radius 1 is 1.59 bits per heavy atom. The molecule has 1 aliphatic heterocycles. The quantitative estimate of drug-likeness (QED) is 0.559. The standard InChI is InChI=1S/C18H28N2O2/c1-6-8-12(3)14(7-2)19-20-16(21)22-15-11-13-9-10-18(15,20)17(13,4)5/h6,12-13,15H,1,7-11H2,2-5H3/b19-14+/t12-,13?,15?,18?/m1/s1. The highest BCUT2D eigenvalue weighted by atomic mass is 16.6. The van der Waals surface area contributed by atoms with E-state index in [0.29, 0.717) is 11.8 Å². The van der Waals surface area contributed by atoms with Crippen LogP contribution in [0, 0.1) is 17.3 Å². The number of rotatable bonds is 5. The lowest BCUT2D eigenvalue weighted by atomic mass is 9.75. The van der Waals surface area contributed by atoms with Gasteiger partial charge in [-0.15, -0.1) is 6.58 Å². The van der Waals surface area contributed by atoms with Crippen LogP contribution in [0.1, 0.15) is 59.8 Å². The number of nitrogens with zero attached hydrogens (tertiary/aromatic N) is 2. The topological polar surface area (TPSA) is 41.9 Å². The van der Waals surface area contributed by atoms with Crippen molar-refractivity contribution in [3.63, 3.8) is 0 Å². The fourth-order valence-electron chi connectivity index (χ4n) is 5.03. The molecular weight excluding hydrogens is 276 g/mol. The maximum atomic E-state index is 12.5. The lowest BCUT2D eigenvalue weighted by Gasteiger charge is -2.40. The highest BCUT2D eigenvalue weighted by Gasteiger charge is 2.73. The predicted octanol–water partition coefficient (Wildman–Crippen LogP) is 4.36. The molecule has 122 valence electrons. The minimum atomic E-state index is -0.254. The van der Waals surface area contributed by atoms with E-state index in [1.807, 2.05) is 6.08 Å². The molecular formula is C18H28N2O2. The molecule has 0 aromatic rings. The first-order chi connectivity index (χ1) is 10.4. The second kappa shape index (κ2) is 5.10. The van der Waals surface area contributed by atoms with Gasteiger partial charge in [-0.25, -0.2) is 4.79 Å². The SMILES string of the molecule is C=CC[C@@H](C)/C(CC)=N/N1C(=O)OC2CC3CCC21C3(C)C. The summed E-state index contributed by atoms with van der Waals surface area (Å²) in [4.78, 5) is 12.5. The third kappa shape index (κ3) is 1.82. The molecule has 1 heterocycles. The molecule has 22 heavy (non-hydrogen) atoms. The van der Waals surface area contributed by atoms with Gasteiger partial charge in [0.25, 0.3) is 0 Å². The first-order valence-electron chi connectivity index (χ1n) is 8.57. The van der Waals surface area contributed by atoms with Gasteiger partial charge in [0.15, 0.2) is 0 Å². The molecule has 2 saturated carbocycles. The summed E-state index contributed by atoms with van der Waals surface area (Å²) in [5.41, 5.74) is 0.912. The van der Waals surface area contributed by atoms with Crippen LogP contribution in [0.5, 0.6) is 0 Å². The van der Waals surface area contributed by atoms with Crippen LogP contribution in [-0.2, 0) is 4.74 Å². The van der Waals surface area contributed by atoms with Gasteiger partial charge in [-0.2, -0.15) is 10.1 Å². The lowest BCUT2D eigenvalue weighted by molar-refractivity contribution is 0.0566. The highest BCUT2D eigenvalue weighted by molar-refractivity contribution is 5.87. The summed E-state index contributed by atoms with van der Waals surface area (Å²) in [6.45, 7) is 12.6. The number of amides is 1. The summed E-state index contributed by atoms with van der Waals surface area (Å²) in [5.74, 6) is 0.950. The van der Waals surface area contributed by atoms with Crippen molar-refractivity contribution in [3.05, 3.63) is 12.7 Å². The molecule has 4 nitrogen and oxygen atoms in total. The Balaban J connectivity index is 1.98. The molecule has 2 bridgehead atoms. The third-order valence-corrected chi connectivity index (χ3v) is 6.52. The van der Waals surface area contributed by atoms with E-state index in [-0.39, 0.29) is 23.2 Å². The summed E-state index contributed by atoms with van der Waals surface area (Å²) in [6, 6.07) is 0. The van der Waals surface area contributed by atoms with Crippen LogP contribution in [0.4, 0.5) is 4.79 Å². The van der Waals surface area contributed by atoms with Gasteiger partial charge in [0, 0.05) is 5.71 Å². The fourth-order valence-corrected chi connectivity index (χ4v) is 5.03. The monoisotopic (exact) mass is 304 g/mol. The van der Waals surface area contributed by atoms with Crippen molar-refractivity contribution in [2.45, 2.75) is 71.4 Å². The predicted molar refractivity (Wildman–Crippen MR) is 87.7 cm³/mol. The molecule has 1 saturated heterocycles. The van der Waals surface area contributed by atoms with E-state index < -0.39 is 0 Å². The molecule has 4 heteroatoms. The Kier molecular flexibility index (Phi) is 3.61. The second-order valence-electron chi connectivity index (χ2n) is 7.67. The van der Waals surface area contributed by atoms with Crippen LogP contribution in [0.3, 0.4) is 0 Å². The van der Waals surface area contributed by atoms with Crippen molar-refractivity contribution < 1.29 is 9.53 Å². The number of hydrogen-bond acceptors (Lipinski definition) is 3. The summed E-state index contributed by atoms with van der Waals surface area (Å²) in [6.07, 6.45) is 6.61. The number of hydrogen-bond donors (Lipinski definition) is 0. The zero-order valence-corrected chi connectivity index (χ0v) is 14.3. The van der Waals surface area contributed by atoms with E-state index in [1.54, 1.807) is 5.01 Å². The van der Waals surface area contributed by atoms with Gasteiger partial charge in [-0.3, -0.25) is 0 Å². The van der Waals surface area contributed by atoms with Crippen LogP contribution >= 0.6 is 0 Å². The van der Waals surface area contributed by atoms with Gasteiger partial charge < -0.3 is 4.74 Å². The lowest BCUT2D eigenvalue weighted by Crippen LogP contribution is -2.53. The first-order valence-corrected chi connectivity index (χ1v) is 8.57. The van der Waals surface area contributed by atoms with Crippen molar-refractivity contribution in [2.75, 3.05) is 0 Å². The largest absolute Gasteiger partial charge is 0.442 e. The molecule has 4 atom stereocenters. The van der Waals surface area contributed by atoms with Crippen molar-refractivity contribution >= 4 is 11.8 Å². The number of fused-ring (bicyclic) bond motifs is 1.